The average Bonchev–Trinajstić information content (AvgIpc) is 3.17. The second-order valence-corrected chi connectivity index (χ2v) is 8.53. The van der Waals surface area contributed by atoms with E-state index >= 15 is 0 Å². The molecule has 1 fully saturated rings. The van der Waals surface area contributed by atoms with Crippen LogP contribution in [0.2, 0.25) is 0 Å². The number of rotatable bonds is 7. The van der Waals surface area contributed by atoms with Gasteiger partial charge in [0.25, 0.3) is 0 Å². The fourth-order valence-corrected chi connectivity index (χ4v) is 4.63. The lowest BCUT2D eigenvalue weighted by Crippen LogP contribution is -2.40. The Bertz CT molecular complexity index is 635. The first-order chi connectivity index (χ1) is 9.72. The van der Waals surface area contributed by atoms with Crippen molar-refractivity contribution in [2.75, 3.05) is 13.6 Å². The van der Waals surface area contributed by atoms with E-state index in [1.165, 1.54) is 18.9 Å². The van der Waals surface area contributed by atoms with Gasteiger partial charge in [-0.2, -0.15) is 0 Å². The van der Waals surface area contributed by atoms with E-state index in [1.807, 2.05) is 14.0 Å². The summed E-state index contributed by atoms with van der Waals surface area (Å²) in [6.45, 7) is 3.89. The third-order valence-electron chi connectivity index (χ3n) is 3.74. The van der Waals surface area contributed by atoms with Crippen LogP contribution in [-0.4, -0.2) is 50.1 Å². The highest BCUT2D eigenvalue weighted by Gasteiger charge is 2.30. The number of nitrogens with zero attached hydrogens (tertiary/aromatic N) is 1. The van der Waals surface area contributed by atoms with Crippen molar-refractivity contribution in [1.29, 1.82) is 0 Å². The lowest BCUT2D eigenvalue weighted by Gasteiger charge is -2.24. The lowest BCUT2D eigenvalue weighted by molar-refractivity contribution is 0.0701. The molecule has 0 saturated heterocycles. The number of hydrogen-bond donors (Lipinski definition) is 2. The van der Waals surface area contributed by atoms with Gasteiger partial charge in [0.1, 0.15) is 9.09 Å². The summed E-state index contributed by atoms with van der Waals surface area (Å²) < 4.78 is 27.1. The summed E-state index contributed by atoms with van der Waals surface area (Å²) in [7, 11) is -1.66. The van der Waals surface area contributed by atoms with Crippen molar-refractivity contribution < 1.29 is 18.3 Å². The average molecular weight is 332 g/mol. The molecule has 0 aromatic carbocycles. The zero-order valence-electron chi connectivity index (χ0n) is 12.3. The van der Waals surface area contributed by atoms with E-state index in [-0.39, 0.29) is 15.1 Å². The van der Waals surface area contributed by atoms with Crippen LogP contribution in [0.15, 0.2) is 10.3 Å². The van der Waals surface area contributed by atoms with E-state index in [4.69, 9.17) is 5.11 Å². The molecular weight excluding hydrogens is 312 g/mol. The molecule has 1 aromatic heterocycles. The summed E-state index contributed by atoms with van der Waals surface area (Å²) >= 11 is 0.790. The Balaban J connectivity index is 2.04. The first-order valence-corrected chi connectivity index (χ1v) is 9.07. The summed E-state index contributed by atoms with van der Waals surface area (Å²) in [5.41, 5.74) is 0.469. The van der Waals surface area contributed by atoms with Crippen LogP contribution in [0.25, 0.3) is 0 Å². The summed E-state index contributed by atoms with van der Waals surface area (Å²) in [4.78, 5) is 13.2. The third-order valence-corrected chi connectivity index (χ3v) is 6.86. The Kier molecular flexibility index (Phi) is 4.72. The molecule has 6 nitrogen and oxygen atoms in total. The number of thiophene rings is 1. The SMILES string of the molecule is Cc1cc(S(=O)(=O)NCC(C)N(C)C2CC2)sc1C(=O)O. The molecule has 0 amide bonds. The Labute approximate surface area is 128 Å². The predicted octanol–water partition coefficient (Wildman–Crippen LogP) is 1.52. The van der Waals surface area contributed by atoms with Crippen molar-refractivity contribution in [2.45, 2.75) is 43.0 Å². The molecule has 1 aromatic rings. The van der Waals surface area contributed by atoms with Crippen LogP contribution in [0.4, 0.5) is 0 Å². The second-order valence-electron chi connectivity index (χ2n) is 5.48. The van der Waals surface area contributed by atoms with Crippen LogP contribution < -0.4 is 4.72 Å². The first kappa shape index (κ1) is 16.4. The number of carbonyl (C=O) groups is 1. The number of nitrogens with one attached hydrogen (secondary N) is 1. The monoisotopic (exact) mass is 332 g/mol. The fourth-order valence-electron chi connectivity index (χ4n) is 2.08. The molecule has 1 atom stereocenters. The van der Waals surface area contributed by atoms with Crippen molar-refractivity contribution in [1.82, 2.24) is 9.62 Å². The summed E-state index contributed by atoms with van der Waals surface area (Å²) in [5.74, 6) is -1.10. The zero-order chi connectivity index (χ0) is 15.8. The van der Waals surface area contributed by atoms with E-state index in [0.29, 0.717) is 18.2 Å². The van der Waals surface area contributed by atoms with Gasteiger partial charge >= 0.3 is 5.97 Å². The van der Waals surface area contributed by atoms with E-state index in [9.17, 15) is 13.2 Å². The Morgan fingerprint density at radius 2 is 2.19 bits per heavy atom. The molecule has 0 aliphatic heterocycles. The van der Waals surface area contributed by atoms with Crippen LogP contribution in [0.5, 0.6) is 0 Å². The number of hydrogen-bond acceptors (Lipinski definition) is 5. The maximum atomic E-state index is 12.2. The molecule has 118 valence electrons. The molecule has 0 spiro atoms. The molecule has 1 unspecified atom stereocenters. The summed E-state index contributed by atoms with van der Waals surface area (Å²) in [6, 6.07) is 2.07. The minimum Gasteiger partial charge on any atom is -0.477 e. The topological polar surface area (TPSA) is 86.7 Å². The highest BCUT2D eigenvalue weighted by Crippen LogP contribution is 2.28. The van der Waals surface area contributed by atoms with Crippen molar-refractivity contribution in [3.8, 4) is 0 Å². The van der Waals surface area contributed by atoms with Crippen molar-refractivity contribution in [2.24, 2.45) is 0 Å². The van der Waals surface area contributed by atoms with Gasteiger partial charge in [0.05, 0.1) is 0 Å². The van der Waals surface area contributed by atoms with Gasteiger partial charge in [-0.25, -0.2) is 17.9 Å². The van der Waals surface area contributed by atoms with E-state index in [2.05, 4.69) is 9.62 Å². The van der Waals surface area contributed by atoms with Crippen LogP contribution in [0.3, 0.4) is 0 Å². The molecule has 2 rings (SSSR count). The van der Waals surface area contributed by atoms with Gasteiger partial charge in [0.15, 0.2) is 0 Å². The van der Waals surface area contributed by atoms with Crippen molar-refractivity contribution >= 4 is 27.3 Å². The van der Waals surface area contributed by atoms with Gasteiger partial charge in [-0.1, -0.05) is 0 Å². The number of sulfonamides is 1. The molecule has 1 saturated carbocycles. The van der Waals surface area contributed by atoms with E-state index in [1.54, 1.807) is 6.92 Å². The normalized spacial score (nSPS) is 17.1. The van der Waals surface area contributed by atoms with Gasteiger partial charge in [-0.05, 0) is 45.4 Å². The molecule has 1 heterocycles. The summed E-state index contributed by atoms with van der Waals surface area (Å²) in [5, 5.41) is 8.99. The molecule has 0 radical (unpaired) electrons. The molecule has 0 bridgehead atoms. The van der Waals surface area contributed by atoms with Crippen LogP contribution in [-0.2, 0) is 10.0 Å². The van der Waals surface area contributed by atoms with Crippen LogP contribution in [0, 0.1) is 6.92 Å². The number of carboxylic acids is 1. The Morgan fingerprint density at radius 3 is 2.67 bits per heavy atom. The number of likely N-dealkylation sites (N-methyl/N-ethyl adjacent to an activating group) is 1. The Morgan fingerprint density at radius 1 is 1.57 bits per heavy atom. The fraction of sp³-hybridized carbons (Fsp3) is 0.615. The smallest absolute Gasteiger partial charge is 0.346 e. The number of aryl methyl sites for hydroxylation is 1. The molecular formula is C13H20N2O4S2. The van der Waals surface area contributed by atoms with E-state index < -0.39 is 16.0 Å². The minimum absolute atomic E-state index is 0.0543. The number of aromatic carboxylic acids is 1. The van der Waals surface area contributed by atoms with Crippen LogP contribution >= 0.6 is 11.3 Å². The van der Waals surface area contributed by atoms with Gasteiger partial charge in [0.2, 0.25) is 10.0 Å². The number of carboxylic acid groups (broad SMARTS) is 1. The maximum absolute atomic E-state index is 12.2. The molecule has 1 aliphatic rings. The van der Waals surface area contributed by atoms with Gasteiger partial charge < -0.3 is 5.11 Å². The largest absolute Gasteiger partial charge is 0.477 e. The lowest BCUT2D eigenvalue weighted by atomic mass is 10.3. The molecule has 8 heteroatoms. The first-order valence-electron chi connectivity index (χ1n) is 6.77. The standard InChI is InChI=1S/C13H20N2O4S2/c1-8-6-11(20-12(8)13(16)17)21(18,19)14-7-9(2)15(3)10-4-5-10/h6,9-10,14H,4-5,7H2,1-3H3,(H,16,17). The van der Waals surface area contributed by atoms with Gasteiger partial charge in [0, 0.05) is 18.6 Å². The van der Waals surface area contributed by atoms with E-state index in [0.717, 1.165) is 11.3 Å². The second kappa shape index (κ2) is 6.04. The highest BCUT2D eigenvalue weighted by molar-refractivity contribution is 7.91. The maximum Gasteiger partial charge on any atom is 0.346 e. The summed E-state index contributed by atoms with van der Waals surface area (Å²) in [6.07, 6.45) is 2.33. The van der Waals surface area contributed by atoms with Crippen molar-refractivity contribution in [3.05, 3.63) is 16.5 Å². The quantitative estimate of drug-likeness (QED) is 0.790. The molecule has 1 aliphatic carbocycles. The van der Waals surface area contributed by atoms with Gasteiger partial charge in [-0.15, -0.1) is 11.3 Å². The third kappa shape index (κ3) is 3.82. The van der Waals surface area contributed by atoms with Crippen molar-refractivity contribution in [3.63, 3.8) is 0 Å². The van der Waals surface area contributed by atoms with Gasteiger partial charge in [-0.3, -0.25) is 4.90 Å². The predicted molar refractivity (Wildman–Crippen MR) is 81.5 cm³/mol. The highest BCUT2D eigenvalue weighted by atomic mass is 32.2. The zero-order valence-corrected chi connectivity index (χ0v) is 13.9. The minimum atomic E-state index is -3.65. The Hall–Kier alpha value is -0.960. The molecule has 21 heavy (non-hydrogen) atoms. The molecule has 2 N–H and O–H groups in total. The van der Waals surface area contributed by atoms with Crippen LogP contribution in [0.1, 0.15) is 35.0 Å².